The van der Waals surface area contributed by atoms with E-state index in [-0.39, 0.29) is 26.9 Å². The Hall–Kier alpha value is -3.08. The molecule has 9 nitrogen and oxygen atoms in total. The molecule has 1 aliphatic rings. The van der Waals surface area contributed by atoms with Gasteiger partial charge in [-0.1, -0.05) is 11.6 Å². The van der Waals surface area contributed by atoms with Crippen molar-refractivity contribution in [1.29, 1.82) is 0 Å². The van der Waals surface area contributed by atoms with Crippen LogP contribution < -0.4 is 14.4 Å². The Labute approximate surface area is 196 Å². The monoisotopic (exact) mass is 490 g/mol. The van der Waals surface area contributed by atoms with Crippen LogP contribution >= 0.6 is 11.6 Å². The number of carbonyl (C=O) groups is 1. The van der Waals surface area contributed by atoms with Crippen LogP contribution in [-0.2, 0) is 10.0 Å². The highest BCUT2D eigenvalue weighted by Crippen LogP contribution is 2.31. The molecule has 33 heavy (non-hydrogen) atoms. The van der Waals surface area contributed by atoms with Crippen LogP contribution in [0.5, 0.6) is 5.75 Å². The van der Waals surface area contributed by atoms with Gasteiger partial charge >= 0.3 is 5.97 Å². The smallest absolute Gasteiger partial charge is 0.336 e. The zero-order chi connectivity index (χ0) is 23.8. The Morgan fingerprint density at radius 1 is 1.12 bits per heavy atom. The van der Waals surface area contributed by atoms with E-state index in [1.54, 1.807) is 12.1 Å². The molecule has 1 aromatic heterocycles. The molecule has 174 valence electrons. The van der Waals surface area contributed by atoms with Crippen molar-refractivity contribution in [3.63, 3.8) is 0 Å². The average molecular weight is 491 g/mol. The highest BCUT2D eigenvalue weighted by atomic mass is 35.5. The molecule has 2 N–H and O–H groups in total. The van der Waals surface area contributed by atoms with E-state index in [0.717, 1.165) is 26.2 Å². The zero-order valence-corrected chi connectivity index (χ0v) is 19.7. The zero-order valence-electron chi connectivity index (χ0n) is 18.1. The number of carboxylic acid groups (broad SMARTS) is 1. The summed E-state index contributed by atoms with van der Waals surface area (Å²) in [5.41, 5.74) is 0.712. The fraction of sp³-hybridized carbons (Fsp3) is 0.273. The van der Waals surface area contributed by atoms with Crippen molar-refractivity contribution >= 4 is 50.0 Å². The van der Waals surface area contributed by atoms with Gasteiger partial charge in [-0.3, -0.25) is 4.72 Å². The second-order valence-corrected chi connectivity index (χ2v) is 9.84. The molecule has 1 fully saturated rings. The maximum absolute atomic E-state index is 13.0. The van der Waals surface area contributed by atoms with Gasteiger partial charge in [0.05, 0.1) is 18.2 Å². The number of benzene rings is 2. The number of ether oxygens (including phenoxy) is 1. The maximum Gasteiger partial charge on any atom is 0.336 e. The lowest BCUT2D eigenvalue weighted by molar-refractivity contribution is 0.0699. The molecule has 0 spiro atoms. The summed E-state index contributed by atoms with van der Waals surface area (Å²) in [5.74, 6) is -0.392. The number of carboxylic acids is 1. The first-order valence-corrected chi connectivity index (χ1v) is 12.0. The van der Waals surface area contributed by atoms with E-state index in [1.807, 2.05) is 11.9 Å². The molecule has 0 aliphatic carbocycles. The molecule has 3 aromatic rings. The first-order chi connectivity index (χ1) is 15.7. The number of anilines is 2. The summed E-state index contributed by atoms with van der Waals surface area (Å²) < 4.78 is 33.6. The first-order valence-electron chi connectivity index (χ1n) is 10.2. The lowest BCUT2D eigenvalue weighted by Gasteiger charge is -2.33. The molecule has 11 heteroatoms. The van der Waals surface area contributed by atoms with Crippen molar-refractivity contribution in [2.75, 3.05) is 50.0 Å². The number of aromatic nitrogens is 1. The number of halogens is 1. The van der Waals surface area contributed by atoms with Crippen LogP contribution in [0.2, 0.25) is 5.02 Å². The number of likely N-dealkylation sites (N-methyl/N-ethyl adjacent to an activating group) is 1. The first kappa shape index (κ1) is 23.1. The topological polar surface area (TPSA) is 112 Å². The van der Waals surface area contributed by atoms with Crippen molar-refractivity contribution in [1.82, 2.24) is 9.88 Å². The molecule has 0 bridgehead atoms. The number of nitrogens with one attached hydrogen (secondary N) is 1. The molecule has 0 radical (unpaired) electrons. The van der Waals surface area contributed by atoms with Gasteiger partial charge in [0, 0.05) is 42.3 Å². The third-order valence-electron chi connectivity index (χ3n) is 5.52. The highest BCUT2D eigenvalue weighted by molar-refractivity contribution is 7.92. The summed E-state index contributed by atoms with van der Waals surface area (Å²) in [6.07, 6.45) is 0. The van der Waals surface area contributed by atoms with Crippen LogP contribution in [0.1, 0.15) is 10.4 Å². The lowest BCUT2D eigenvalue weighted by Crippen LogP contribution is -2.44. The van der Waals surface area contributed by atoms with Crippen molar-refractivity contribution in [2.45, 2.75) is 4.90 Å². The molecule has 0 unspecified atom stereocenters. The summed E-state index contributed by atoms with van der Waals surface area (Å²) in [6.45, 7) is 3.20. The number of piperazine rings is 1. The third kappa shape index (κ3) is 4.82. The van der Waals surface area contributed by atoms with Crippen LogP contribution in [0.4, 0.5) is 11.5 Å². The van der Waals surface area contributed by atoms with Gasteiger partial charge in [0.15, 0.2) is 0 Å². The van der Waals surface area contributed by atoms with Gasteiger partial charge in [0.1, 0.15) is 16.5 Å². The van der Waals surface area contributed by atoms with Crippen molar-refractivity contribution in [3.8, 4) is 5.75 Å². The standard InChI is InChI=1S/C22H23ClN4O5S/c1-26-7-9-27(10-8-26)21-13-17(22(28)29)16-12-15(4-5-18(16)24-21)25-33(30,31)20-11-14(23)3-6-19(20)32-2/h3-6,11-13,25H,7-10H2,1-2H3,(H,28,29). The Balaban J connectivity index is 1.72. The molecule has 1 saturated heterocycles. The molecular formula is C22H23ClN4O5S. The number of hydrogen-bond donors (Lipinski definition) is 2. The minimum absolute atomic E-state index is 0.0512. The number of fused-ring (bicyclic) bond motifs is 1. The number of methoxy groups -OCH3 is 1. The maximum atomic E-state index is 13.0. The molecule has 0 saturated carbocycles. The van der Waals surface area contributed by atoms with E-state index in [4.69, 9.17) is 16.3 Å². The number of rotatable bonds is 6. The van der Waals surface area contributed by atoms with Crippen LogP contribution in [0.3, 0.4) is 0 Å². The normalized spacial score (nSPS) is 14.9. The van der Waals surface area contributed by atoms with E-state index in [0.29, 0.717) is 16.7 Å². The molecule has 4 rings (SSSR count). The number of aromatic carboxylic acids is 1. The Kier molecular flexibility index (Phi) is 6.33. The quantitative estimate of drug-likeness (QED) is 0.542. The van der Waals surface area contributed by atoms with Crippen molar-refractivity contribution in [3.05, 3.63) is 53.1 Å². The Bertz CT molecular complexity index is 1320. The van der Waals surface area contributed by atoms with Crippen LogP contribution in [0, 0.1) is 0 Å². The van der Waals surface area contributed by atoms with Gasteiger partial charge in [-0.25, -0.2) is 18.2 Å². The average Bonchev–Trinajstić information content (AvgIpc) is 2.78. The SMILES string of the molecule is COc1ccc(Cl)cc1S(=O)(=O)Nc1ccc2nc(N3CCN(C)CC3)cc(C(=O)O)c2c1. The minimum atomic E-state index is -4.05. The molecule has 1 aliphatic heterocycles. The summed E-state index contributed by atoms with van der Waals surface area (Å²) >= 11 is 5.98. The van der Waals surface area contributed by atoms with Gasteiger partial charge in [-0.2, -0.15) is 0 Å². The fourth-order valence-corrected chi connectivity index (χ4v) is 5.20. The molecular weight excluding hydrogens is 468 g/mol. The number of nitrogens with zero attached hydrogens (tertiary/aromatic N) is 3. The number of hydrogen-bond acceptors (Lipinski definition) is 7. The number of sulfonamides is 1. The summed E-state index contributed by atoms with van der Waals surface area (Å²) in [5, 5.41) is 10.4. The lowest BCUT2D eigenvalue weighted by atomic mass is 10.1. The predicted molar refractivity (Wildman–Crippen MR) is 127 cm³/mol. The predicted octanol–water partition coefficient (Wildman–Crippen LogP) is 3.15. The van der Waals surface area contributed by atoms with Gasteiger partial charge in [-0.05, 0) is 49.5 Å². The van der Waals surface area contributed by atoms with Crippen LogP contribution in [-0.4, -0.2) is 69.7 Å². The van der Waals surface area contributed by atoms with Crippen molar-refractivity contribution in [2.24, 2.45) is 0 Å². The van der Waals surface area contributed by atoms with Crippen molar-refractivity contribution < 1.29 is 23.1 Å². The van der Waals surface area contributed by atoms with E-state index < -0.39 is 16.0 Å². The largest absolute Gasteiger partial charge is 0.495 e. The second kappa shape index (κ2) is 9.05. The third-order valence-corrected chi connectivity index (χ3v) is 7.16. The molecule has 2 heterocycles. The van der Waals surface area contributed by atoms with Gasteiger partial charge in [0.25, 0.3) is 10.0 Å². The minimum Gasteiger partial charge on any atom is -0.495 e. The Morgan fingerprint density at radius 3 is 2.52 bits per heavy atom. The summed E-state index contributed by atoms with van der Waals surface area (Å²) in [4.78, 5) is 20.8. The van der Waals surface area contributed by atoms with E-state index in [1.165, 1.54) is 37.4 Å². The van der Waals surface area contributed by atoms with E-state index in [2.05, 4.69) is 14.6 Å². The van der Waals surface area contributed by atoms with E-state index in [9.17, 15) is 18.3 Å². The van der Waals surface area contributed by atoms with Crippen LogP contribution in [0.25, 0.3) is 10.9 Å². The van der Waals surface area contributed by atoms with Gasteiger partial charge in [-0.15, -0.1) is 0 Å². The van der Waals surface area contributed by atoms with E-state index >= 15 is 0 Å². The molecule has 2 aromatic carbocycles. The molecule has 0 amide bonds. The van der Waals surface area contributed by atoms with Crippen LogP contribution in [0.15, 0.2) is 47.4 Å². The number of pyridine rings is 1. The van der Waals surface area contributed by atoms with Gasteiger partial charge < -0.3 is 19.6 Å². The fourth-order valence-electron chi connectivity index (χ4n) is 3.72. The summed E-state index contributed by atoms with van der Waals surface area (Å²) in [7, 11) is -0.652. The highest BCUT2D eigenvalue weighted by Gasteiger charge is 2.22. The molecule has 0 atom stereocenters. The van der Waals surface area contributed by atoms with Gasteiger partial charge in [0.2, 0.25) is 0 Å². The summed E-state index contributed by atoms with van der Waals surface area (Å²) in [6, 6.07) is 10.4. The Morgan fingerprint density at radius 2 is 1.85 bits per heavy atom. The second-order valence-electron chi connectivity index (χ2n) is 7.76.